The third kappa shape index (κ3) is 2.49. The van der Waals surface area contributed by atoms with E-state index in [9.17, 15) is 9.18 Å². The van der Waals surface area contributed by atoms with Crippen LogP contribution in [0.2, 0.25) is 0 Å². The third-order valence-corrected chi connectivity index (χ3v) is 3.72. The summed E-state index contributed by atoms with van der Waals surface area (Å²) >= 11 is 0. The van der Waals surface area contributed by atoms with Crippen molar-refractivity contribution in [3.63, 3.8) is 0 Å². The second kappa shape index (κ2) is 5.17. The number of fused-ring (bicyclic) bond motifs is 1. The number of halogens is 1. The summed E-state index contributed by atoms with van der Waals surface area (Å²) in [7, 11) is 0. The first-order chi connectivity index (χ1) is 9.63. The second-order valence-electron chi connectivity index (χ2n) is 5.19. The quantitative estimate of drug-likeness (QED) is 0.863. The van der Waals surface area contributed by atoms with Gasteiger partial charge in [0.1, 0.15) is 5.82 Å². The lowest BCUT2D eigenvalue weighted by Gasteiger charge is -2.30. The first kappa shape index (κ1) is 13.0. The lowest BCUT2D eigenvalue weighted by molar-refractivity contribution is 0.0714. The molecule has 1 saturated heterocycles. The van der Waals surface area contributed by atoms with Crippen molar-refractivity contribution in [1.29, 1.82) is 0 Å². The predicted molar refractivity (Wildman–Crippen MR) is 74.8 cm³/mol. The smallest absolute Gasteiger partial charge is 0.255 e. The Bertz CT molecular complexity index is 651. The van der Waals surface area contributed by atoms with Gasteiger partial charge < -0.3 is 10.6 Å². The molecule has 1 amide bonds. The molecule has 2 heterocycles. The molecule has 1 fully saturated rings. The highest BCUT2D eigenvalue weighted by molar-refractivity contribution is 5.97. The van der Waals surface area contributed by atoms with Crippen LogP contribution in [-0.2, 0) is 0 Å². The molecular formula is C15H16FN3O. The zero-order valence-electron chi connectivity index (χ0n) is 11.1. The zero-order valence-corrected chi connectivity index (χ0v) is 11.1. The minimum Gasteiger partial charge on any atom is -0.338 e. The molecule has 0 atom stereocenters. The van der Waals surface area contributed by atoms with Crippen molar-refractivity contribution in [2.75, 3.05) is 13.1 Å². The van der Waals surface area contributed by atoms with Gasteiger partial charge in [-0.3, -0.25) is 9.78 Å². The molecule has 1 aromatic heterocycles. The zero-order chi connectivity index (χ0) is 14.1. The molecule has 5 heteroatoms. The largest absolute Gasteiger partial charge is 0.338 e. The molecule has 20 heavy (non-hydrogen) atoms. The molecule has 0 radical (unpaired) electrons. The topological polar surface area (TPSA) is 59.2 Å². The first-order valence-corrected chi connectivity index (χ1v) is 6.73. The van der Waals surface area contributed by atoms with E-state index in [4.69, 9.17) is 5.73 Å². The fraction of sp³-hybridized carbons (Fsp3) is 0.333. The monoisotopic (exact) mass is 273 g/mol. The SMILES string of the molecule is NC1CCN(C(=O)c2cnc3ccc(F)cc3c2)CC1. The van der Waals surface area contributed by atoms with E-state index in [0.29, 0.717) is 29.6 Å². The Morgan fingerprint density at radius 2 is 2.05 bits per heavy atom. The van der Waals surface area contributed by atoms with Crippen LogP contribution in [0.4, 0.5) is 4.39 Å². The van der Waals surface area contributed by atoms with Gasteiger partial charge in [0.2, 0.25) is 0 Å². The van der Waals surface area contributed by atoms with E-state index >= 15 is 0 Å². The number of carbonyl (C=O) groups is 1. The Labute approximate surface area is 116 Å². The molecule has 2 aromatic rings. The highest BCUT2D eigenvalue weighted by atomic mass is 19.1. The highest BCUT2D eigenvalue weighted by Gasteiger charge is 2.22. The maximum atomic E-state index is 13.2. The minimum absolute atomic E-state index is 0.0597. The summed E-state index contributed by atoms with van der Waals surface area (Å²) in [5.74, 6) is -0.386. The summed E-state index contributed by atoms with van der Waals surface area (Å²) in [6.07, 6.45) is 3.19. The molecule has 4 nitrogen and oxygen atoms in total. The van der Waals surface area contributed by atoms with Gasteiger partial charge in [-0.05, 0) is 37.1 Å². The number of aromatic nitrogens is 1. The molecule has 1 aliphatic heterocycles. The number of hydrogen-bond donors (Lipinski definition) is 1. The van der Waals surface area contributed by atoms with Crippen LogP contribution in [0.15, 0.2) is 30.5 Å². The van der Waals surface area contributed by atoms with Crippen molar-refractivity contribution in [1.82, 2.24) is 9.88 Å². The maximum absolute atomic E-state index is 13.2. The van der Waals surface area contributed by atoms with Crippen LogP contribution in [0.25, 0.3) is 10.9 Å². The van der Waals surface area contributed by atoms with Crippen LogP contribution in [-0.4, -0.2) is 34.9 Å². The van der Waals surface area contributed by atoms with Crippen LogP contribution in [0, 0.1) is 5.82 Å². The molecular weight excluding hydrogens is 257 g/mol. The van der Waals surface area contributed by atoms with E-state index in [1.807, 2.05) is 0 Å². The van der Waals surface area contributed by atoms with Crippen molar-refractivity contribution in [3.8, 4) is 0 Å². The Hall–Kier alpha value is -2.01. The van der Waals surface area contributed by atoms with Gasteiger partial charge in [0.25, 0.3) is 5.91 Å². The number of carbonyl (C=O) groups excluding carboxylic acids is 1. The number of pyridine rings is 1. The van der Waals surface area contributed by atoms with Gasteiger partial charge in [-0.1, -0.05) is 0 Å². The molecule has 104 valence electrons. The summed E-state index contributed by atoms with van der Waals surface area (Å²) in [5, 5.41) is 0.643. The average molecular weight is 273 g/mol. The van der Waals surface area contributed by atoms with Gasteiger partial charge in [0, 0.05) is 30.7 Å². The van der Waals surface area contributed by atoms with Crippen LogP contribution in [0.3, 0.4) is 0 Å². The Balaban J connectivity index is 1.87. The highest BCUT2D eigenvalue weighted by Crippen LogP contribution is 2.17. The van der Waals surface area contributed by atoms with Gasteiger partial charge in [-0.25, -0.2) is 4.39 Å². The first-order valence-electron chi connectivity index (χ1n) is 6.73. The van der Waals surface area contributed by atoms with Gasteiger partial charge in [-0.2, -0.15) is 0 Å². The van der Waals surface area contributed by atoms with E-state index in [1.165, 1.54) is 12.1 Å². The molecule has 0 spiro atoms. The molecule has 3 rings (SSSR count). The van der Waals surface area contributed by atoms with Crippen LogP contribution in [0.5, 0.6) is 0 Å². The van der Waals surface area contributed by atoms with Crippen molar-refractivity contribution in [2.45, 2.75) is 18.9 Å². The molecule has 2 N–H and O–H groups in total. The van der Waals surface area contributed by atoms with Crippen molar-refractivity contribution in [2.24, 2.45) is 5.73 Å². The van der Waals surface area contributed by atoms with Gasteiger partial charge >= 0.3 is 0 Å². The number of likely N-dealkylation sites (tertiary alicyclic amines) is 1. The van der Waals surface area contributed by atoms with E-state index in [2.05, 4.69) is 4.98 Å². The van der Waals surface area contributed by atoms with Crippen LogP contribution < -0.4 is 5.73 Å². The molecule has 0 saturated carbocycles. The van der Waals surface area contributed by atoms with Gasteiger partial charge in [0.05, 0.1) is 11.1 Å². The number of hydrogen-bond acceptors (Lipinski definition) is 3. The standard InChI is InChI=1S/C15H16FN3O/c16-12-1-2-14-10(8-12)7-11(9-18-14)15(20)19-5-3-13(17)4-6-19/h1-2,7-9,13H,3-6,17H2. The predicted octanol–water partition coefficient (Wildman–Crippen LogP) is 1.94. The Kier molecular flexibility index (Phi) is 3.36. The fourth-order valence-corrected chi connectivity index (χ4v) is 2.50. The number of amides is 1. The van der Waals surface area contributed by atoms with Crippen molar-refractivity contribution < 1.29 is 9.18 Å². The summed E-state index contributed by atoms with van der Waals surface area (Å²) in [6, 6.07) is 6.25. The van der Waals surface area contributed by atoms with E-state index in [1.54, 1.807) is 23.2 Å². The van der Waals surface area contributed by atoms with E-state index in [-0.39, 0.29) is 17.8 Å². The third-order valence-electron chi connectivity index (χ3n) is 3.72. The number of nitrogens with two attached hydrogens (primary N) is 1. The second-order valence-corrected chi connectivity index (χ2v) is 5.19. The van der Waals surface area contributed by atoms with Crippen molar-refractivity contribution >= 4 is 16.8 Å². The van der Waals surface area contributed by atoms with Gasteiger partial charge in [0.15, 0.2) is 0 Å². The number of benzene rings is 1. The minimum atomic E-state index is -0.326. The molecule has 0 aliphatic carbocycles. The Morgan fingerprint density at radius 3 is 2.80 bits per heavy atom. The number of piperidine rings is 1. The summed E-state index contributed by atoms with van der Waals surface area (Å²) < 4.78 is 13.2. The van der Waals surface area contributed by atoms with Crippen LogP contribution >= 0.6 is 0 Å². The number of rotatable bonds is 1. The molecule has 1 aromatic carbocycles. The van der Waals surface area contributed by atoms with Crippen molar-refractivity contribution in [3.05, 3.63) is 41.8 Å². The molecule has 0 bridgehead atoms. The van der Waals surface area contributed by atoms with E-state index < -0.39 is 0 Å². The average Bonchev–Trinajstić information content (AvgIpc) is 2.46. The van der Waals surface area contributed by atoms with E-state index in [0.717, 1.165) is 12.8 Å². The summed E-state index contributed by atoms with van der Waals surface area (Å²) in [6.45, 7) is 1.34. The maximum Gasteiger partial charge on any atom is 0.255 e. The van der Waals surface area contributed by atoms with Gasteiger partial charge in [-0.15, -0.1) is 0 Å². The normalized spacial score (nSPS) is 16.6. The summed E-state index contributed by atoms with van der Waals surface area (Å²) in [5.41, 5.74) is 7.02. The summed E-state index contributed by atoms with van der Waals surface area (Å²) in [4.78, 5) is 18.4. The lowest BCUT2D eigenvalue weighted by atomic mass is 10.0. The molecule has 1 aliphatic rings. The number of nitrogens with zero attached hydrogens (tertiary/aromatic N) is 2. The lowest BCUT2D eigenvalue weighted by Crippen LogP contribution is -2.42. The molecule has 0 unspecified atom stereocenters. The Morgan fingerprint density at radius 1 is 1.30 bits per heavy atom. The van der Waals surface area contributed by atoms with Crippen LogP contribution in [0.1, 0.15) is 23.2 Å². The fourth-order valence-electron chi connectivity index (χ4n) is 2.50.